The molecule has 1 aliphatic heterocycles. The molecule has 1 aliphatic rings. The number of H-pyrrole nitrogens is 1. The lowest BCUT2D eigenvalue weighted by atomic mass is 9.97. The van der Waals surface area contributed by atoms with Crippen molar-refractivity contribution >= 4 is 28.7 Å². The zero-order chi connectivity index (χ0) is 21.9. The maximum absolute atomic E-state index is 12.7. The van der Waals surface area contributed by atoms with Crippen LogP contribution in [0.3, 0.4) is 0 Å². The van der Waals surface area contributed by atoms with Crippen LogP contribution in [-0.4, -0.2) is 59.7 Å². The van der Waals surface area contributed by atoms with E-state index in [1.54, 1.807) is 18.3 Å². The second kappa shape index (κ2) is 8.76. The minimum absolute atomic E-state index is 0.0707. The van der Waals surface area contributed by atoms with E-state index < -0.39 is 36.9 Å². The number of aromatic nitrogens is 1. The van der Waals surface area contributed by atoms with Crippen LogP contribution < -0.4 is 0 Å². The predicted octanol–water partition coefficient (Wildman–Crippen LogP) is 3.69. The minimum Gasteiger partial charge on any atom is -0.454 e. The number of aromatic amines is 1. The molecule has 10 heteroatoms. The van der Waals surface area contributed by atoms with Gasteiger partial charge in [0.15, 0.2) is 12.7 Å². The fourth-order valence-corrected chi connectivity index (χ4v) is 3.35. The summed E-state index contributed by atoms with van der Waals surface area (Å²) in [6.07, 6.45) is -4.65. The zero-order valence-corrected chi connectivity index (χ0v) is 16.2. The molecule has 7 nitrogen and oxygen atoms in total. The first-order valence-corrected chi connectivity index (χ1v) is 9.45. The molecule has 3 rings (SSSR count). The Hall–Kier alpha value is -3.04. The van der Waals surface area contributed by atoms with E-state index in [2.05, 4.69) is 9.72 Å². The zero-order valence-electron chi connectivity index (χ0n) is 16.2. The van der Waals surface area contributed by atoms with Crippen LogP contribution in [0.15, 0.2) is 30.5 Å². The number of halogens is 3. The van der Waals surface area contributed by atoms with Gasteiger partial charge in [0.05, 0.1) is 5.92 Å². The third-order valence-corrected chi connectivity index (χ3v) is 4.96. The van der Waals surface area contributed by atoms with Crippen molar-refractivity contribution in [2.45, 2.75) is 32.0 Å². The minimum atomic E-state index is -4.59. The number of likely N-dealkylation sites (tertiary alicyclic amines) is 1. The largest absolute Gasteiger partial charge is 0.454 e. The lowest BCUT2D eigenvalue weighted by molar-refractivity contribution is -0.163. The Kier molecular flexibility index (Phi) is 6.33. The van der Waals surface area contributed by atoms with Crippen LogP contribution in [0.4, 0.5) is 18.0 Å². The van der Waals surface area contributed by atoms with Gasteiger partial charge in [0, 0.05) is 35.8 Å². The highest BCUT2D eigenvalue weighted by Crippen LogP contribution is 2.23. The Morgan fingerprint density at radius 2 is 1.87 bits per heavy atom. The standard InChI is InChI=1S/C20H21F3N2O5/c1-12(17(26)15-10-24-16-5-3-2-4-14(15)16)30-18(27)13-6-8-25(9-7-13)19(28)29-11-20(21,22)23/h2-5,10,12-13,24H,6-9,11H2,1H3. The molecular formula is C20H21F3N2O5. The van der Waals surface area contributed by atoms with E-state index in [0.29, 0.717) is 5.56 Å². The van der Waals surface area contributed by atoms with Crippen LogP contribution in [0.5, 0.6) is 0 Å². The lowest BCUT2D eigenvalue weighted by Gasteiger charge is -2.30. The SMILES string of the molecule is CC(OC(=O)C1CCN(C(=O)OCC(F)(F)F)CC1)C(=O)c1c[nH]c2ccccc12. The van der Waals surface area contributed by atoms with Gasteiger partial charge < -0.3 is 19.4 Å². The smallest absolute Gasteiger partial charge is 0.422 e. The summed E-state index contributed by atoms with van der Waals surface area (Å²) in [5.74, 6) is -1.46. The number of para-hydroxylation sites is 1. The number of Topliss-reactive ketones (excluding diaryl/α,β-unsaturated/α-hetero) is 1. The van der Waals surface area contributed by atoms with E-state index >= 15 is 0 Å². The fraction of sp³-hybridized carbons (Fsp3) is 0.450. The lowest BCUT2D eigenvalue weighted by Crippen LogP contribution is -2.42. The first-order chi connectivity index (χ1) is 14.2. The Balaban J connectivity index is 1.50. The number of amides is 1. The van der Waals surface area contributed by atoms with Crippen molar-refractivity contribution in [1.82, 2.24) is 9.88 Å². The molecule has 0 aliphatic carbocycles. The summed E-state index contributed by atoms with van der Waals surface area (Å²) in [5.41, 5.74) is 1.22. The molecule has 1 N–H and O–H groups in total. The summed E-state index contributed by atoms with van der Waals surface area (Å²) in [7, 11) is 0. The number of benzene rings is 1. The number of nitrogens with zero attached hydrogens (tertiary/aromatic N) is 1. The van der Waals surface area contributed by atoms with Crippen molar-refractivity contribution in [2.24, 2.45) is 5.92 Å². The van der Waals surface area contributed by atoms with Crippen LogP contribution >= 0.6 is 0 Å². The van der Waals surface area contributed by atoms with Gasteiger partial charge in [-0.3, -0.25) is 9.59 Å². The molecule has 0 bridgehead atoms. The molecule has 0 spiro atoms. The van der Waals surface area contributed by atoms with Gasteiger partial charge in [-0.1, -0.05) is 18.2 Å². The van der Waals surface area contributed by atoms with Crippen molar-refractivity contribution in [1.29, 1.82) is 0 Å². The number of piperidine rings is 1. The van der Waals surface area contributed by atoms with E-state index in [-0.39, 0.29) is 31.7 Å². The number of alkyl halides is 3. The highest BCUT2D eigenvalue weighted by Gasteiger charge is 2.34. The fourth-order valence-electron chi connectivity index (χ4n) is 3.35. The maximum Gasteiger partial charge on any atom is 0.422 e. The van der Waals surface area contributed by atoms with Crippen LogP contribution in [0.25, 0.3) is 10.9 Å². The van der Waals surface area contributed by atoms with Crippen molar-refractivity contribution in [2.75, 3.05) is 19.7 Å². The van der Waals surface area contributed by atoms with Gasteiger partial charge in [-0.05, 0) is 25.8 Å². The van der Waals surface area contributed by atoms with Crippen LogP contribution in [0.2, 0.25) is 0 Å². The Bertz CT molecular complexity index is 932. The second-order valence-corrected chi connectivity index (χ2v) is 7.12. The number of carbonyl (C=O) groups excluding carboxylic acids is 3. The van der Waals surface area contributed by atoms with E-state index in [4.69, 9.17) is 4.74 Å². The molecule has 2 heterocycles. The van der Waals surface area contributed by atoms with Gasteiger partial charge in [0.2, 0.25) is 5.78 Å². The van der Waals surface area contributed by atoms with Gasteiger partial charge in [-0.2, -0.15) is 13.2 Å². The maximum atomic E-state index is 12.7. The number of fused-ring (bicyclic) bond motifs is 1. The third kappa shape index (κ3) is 5.11. The number of rotatable bonds is 5. The second-order valence-electron chi connectivity index (χ2n) is 7.12. The molecule has 1 aromatic carbocycles. The van der Waals surface area contributed by atoms with E-state index in [0.717, 1.165) is 15.8 Å². The van der Waals surface area contributed by atoms with Gasteiger partial charge in [-0.15, -0.1) is 0 Å². The Morgan fingerprint density at radius 1 is 1.20 bits per heavy atom. The molecule has 30 heavy (non-hydrogen) atoms. The van der Waals surface area contributed by atoms with E-state index in [1.165, 1.54) is 6.92 Å². The molecule has 1 fully saturated rings. The quantitative estimate of drug-likeness (QED) is 0.582. The topological polar surface area (TPSA) is 88.7 Å². The van der Waals surface area contributed by atoms with Crippen LogP contribution in [0, 0.1) is 5.92 Å². The van der Waals surface area contributed by atoms with E-state index in [1.807, 2.05) is 12.1 Å². The molecule has 1 aromatic heterocycles. The van der Waals surface area contributed by atoms with Gasteiger partial charge in [0.25, 0.3) is 0 Å². The van der Waals surface area contributed by atoms with Gasteiger partial charge >= 0.3 is 18.2 Å². The highest BCUT2D eigenvalue weighted by atomic mass is 19.4. The molecule has 0 saturated carbocycles. The number of ether oxygens (including phenoxy) is 2. The molecule has 1 saturated heterocycles. The average molecular weight is 426 g/mol. The number of ketones is 1. The number of esters is 1. The van der Waals surface area contributed by atoms with Gasteiger partial charge in [-0.25, -0.2) is 4.79 Å². The first kappa shape index (κ1) is 21.7. The Labute approximate surface area is 170 Å². The number of nitrogens with one attached hydrogen (secondary N) is 1. The summed E-state index contributed by atoms with van der Waals surface area (Å²) in [4.78, 5) is 40.9. The summed E-state index contributed by atoms with van der Waals surface area (Å²) >= 11 is 0. The third-order valence-electron chi connectivity index (χ3n) is 4.96. The van der Waals surface area contributed by atoms with Crippen molar-refractivity contribution in [3.8, 4) is 0 Å². The first-order valence-electron chi connectivity index (χ1n) is 9.45. The average Bonchev–Trinajstić information content (AvgIpc) is 3.15. The van der Waals surface area contributed by atoms with Crippen molar-refractivity contribution in [3.05, 3.63) is 36.0 Å². The molecule has 1 atom stereocenters. The normalized spacial score (nSPS) is 16.3. The summed E-state index contributed by atoms with van der Waals surface area (Å²) < 4.78 is 46.0. The summed E-state index contributed by atoms with van der Waals surface area (Å²) in [6.45, 7) is -0.0185. The van der Waals surface area contributed by atoms with Gasteiger partial charge in [0.1, 0.15) is 0 Å². The molecule has 1 amide bonds. The number of carbonyl (C=O) groups is 3. The summed E-state index contributed by atoms with van der Waals surface area (Å²) in [5, 5.41) is 0.732. The van der Waals surface area contributed by atoms with E-state index in [9.17, 15) is 27.6 Å². The van der Waals surface area contributed by atoms with Crippen LogP contribution in [0.1, 0.15) is 30.1 Å². The number of hydrogen-bond donors (Lipinski definition) is 1. The van der Waals surface area contributed by atoms with Crippen molar-refractivity contribution in [3.63, 3.8) is 0 Å². The molecular weight excluding hydrogens is 405 g/mol. The monoisotopic (exact) mass is 426 g/mol. The van der Waals surface area contributed by atoms with Crippen LogP contribution in [-0.2, 0) is 14.3 Å². The summed E-state index contributed by atoms with van der Waals surface area (Å²) in [6, 6.07) is 7.26. The Morgan fingerprint density at radius 3 is 2.53 bits per heavy atom. The highest BCUT2D eigenvalue weighted by molar-refractivity contribution is 6.10. The number of hydrogen-bond acceptors (Lipinski definition) is 5. The predicted molar refractivity (Wildman–Crippen MR) is 99.9 cm³/mol. The van der Waals surface area contributed by atoms with Crippen molar-refractivity contribution < 1.29 is 37.0 Å². The molecule has 2 aromatic rings. The molecule has 162 valence electrons. The molecule has 1 unspecified atom stereocenters. The molecule has 0 radical (unpaired) electrons.